The van der Waals surface area contributed by atoms with Crippen molar-refractivity contribution in [3.05, 3.63) is 0 Å². The number of rotatable bonds is 3. The average Bonchev–Trinajstić information content (AvgIpc) is 2.74. The highest BCUT2D eigenvalue weighted by molar-refractivity contribution is 5.07. The van der Waals surface area contributed by atoms with Crippen molar-refractivity contribution in [1.29, 1.82) is 0 Å². The largest absolute Gasteiger partial charge is 0.450 e. The lowest BCUT2D eigenvalue weighted by Gasteiger charge is -2.50. The fraction of sp³-hybridized carbons (Fsp3) is 1.00. The highest BCUT2D eigenvalue weighted by Gasteiger charge is 2.83. The number of ether oxygens (including phenoxy) is 4. The van der Waals surface area contributed by atoms with Crippen molar-refractivity contribution in [1.82, 2.24) is 0 Å². The smallest absolute Gasteiger partial charge is 0.340 e. The molecule has 4 nitrogen and oxygen atoms in total. The summed E-state index contributed by atoms with van der Waals surface area (Å²) >= 11 is 0. The van der Waals surface area contributed by atoms with Crippen LogP contribution < -0.4 is 0 Å². The zero-order chi connectivity index (χ0) is 20.4. The SMILES string of the molecule is CC(F)(F)C1(C(F)(F)C2(C)OCC(F)(C(F)(F)F)O2)OCCC(F)(F)O1. The Kier molecular flexibility index (Phi) is 4.60. The maximum Gasteiger partial charge on any atom is 0.450 e. The van der Waals surface area contributed by atoms with E-state index in [0.717, 1.165) is 0 Å². The van der Waals surface area contributed by atoms with Gasteiger partial charge in [0.2, 0.25) is 5.79 Å². The van der Waals surface area contributed by atoms with Crippen LogP contribution in [0.2, 0.25) is 0 Å². The van der Waals surface area contributed by atoms with E-state index >= 15 is 0 Å². The third-order valence-corrected chi connectivity index (χ3v) is 3.87. The second-order valence-electron chi connectivity index (χ2n) is 5.98. The predicted molar refractivity (Wildman–Crippen MR) is 60.2 cm³/mol. The first kappa shape index (κ1) is 21.4. The Labute approximate surface area is 139 Å². The molecule has 0 N–H and O–H groups in total. The van der Waals surface area contributed by atoms with Crippen molar-refractivity contribution in [3.63, 3.8) is 0 Å². The van der Waals surface area contributed by atoms with Crippen LogP contribution in [-0.2, 0) is 18.9 Å². The van der Waals surface area contributed by atoms with Gasteiger partial charge in [-0.1, -0.05) is 0 Å². The third kappa shape index (κ3) is 2.94. The standard InChI is InChI=1S/C12H12F10O4/c1-6(13,14)11(23-4-3-9(16,17)26-11)10(18,19)7(2)24-5-8(15,25-7)12(20,21)22/h3-5H2,1-2H3. The van der Waals surface area contributed by atoms with Gasteiger partial charge in [0.1, 0.15) is 6.61 Å². The summed E-state index contributed by atoms with van der Waals surface area (Å²) in [7, 11) is 0. The molecule has 2 fully saturated rings. The second-order valence-corrected chi connectivity index (χ2v) is 5.98. The molecule has 3 atom stereocenters. The lowest BCUT2D eigenvalue weighted by atomic mass is 9.94. The average molecular weight is 410 g/mol. The highest BCUT2D eigenvalue weighted by Crippen LogP contribution is 2.58. The first-order chi connectivity index (χ1) is 11.3. The maximum absolute atomic E-state index is 14.8. The van der Waals surface area contributed by atoms with Crippen LogP contribution in [0.15, 0.2) is 0 Å². The lowest BCUT2D eigenvalue weighted by molar-refractivity contribution is -0.522. The monoisotopic (exact) mass is 410 g/mol. The van der Waals surface area contributed by atoms with Gasteiger partial charge in [-0.3, -0.25) is 9.47 Å². The van der Waals surface area contributed by atoms with Crippen LogP contribution in [0.25, 0.3) is 0 Å². The van der Waals surface area contributed by atoms with Gasteiger partial charge < -0.3 is 9.47 Å². The molecule has 0 spiro atoms. The van der Waals surface area contributed by atoms with Gasteiger partial charge in [-0.05, 0) is 6.92 Å². The normalized spacial score (nSPS) is 39.2. The summed E-state index contributed by atoms with van der Waals surface area (Å²) < 4.78 is 151. The molecule has 14 heteroatoms. The minimum Gasteiger partial charge on any atom is -0.340 e. The maximum atomic E-state index is 14.8. The summed E-state index contributed by atoms with van der Waals surface area (Å²) in [4.78, 5) is 0. The Morgan fingerprint density at radius 3 is 1.77 bits per heavy atom. The van der Waals surface area contributed by atoms with Gasteiger partial charge in [-0.15, -0.1) is 0 Å². The van der Waals surface area contributed by atoms with Crippen molar-refractivity contribution >= 4 is 0 Å². The molecule has 2 rings (SSSR count). The summed E-state index contributed by atoms with van der Waals surface area (Å²) in [6.45, 7) is -3.81. The van der Waals surface area contributed by atoms with Crippen molar-refractivity contribution in [2.45, 2.75) is 61.8 Å². The quantitative estimate of drug-likeness (QED) is 0.660. The molecule has 2 heterocycles. The topological polar surface area (TPSA) is 36.9 Å². The third-order valence-electron chi connectivity index (χ3n) is 3.87. The number of hydrogen-bond donors (Lipinski definition) is 0. The van der Waals surface area contributed by atoms with Crippen LogP contribution in [0, 0.1) is 0 Å². The first-order valence-electron chi connectivity index (χ1n) is 6.90. The van der Waals surface area contributed by atoms with Crippen LogP contribution in [0.5, 0.6) is 0 Å². The van der Waals surface area contributed by atoms with E-state index in [0.29, 0.717) is 0 Å². The summed E-state index contributed by atoms with van der Waals surface area (Å²) in [6.07, 6.45) is -11.8. The molecule has 2 saturated heterocycles. The van der Waals surface area contributed by atoms with E-state index in [1.54, 1.807) is 0 Å². The van der Waals surface area contributed by atoms with E-state index in [1.165, 1.54) is 0 Å². The molecule has 0 saturated carbocycles. The van der Waals surface area contributed by atoms with Crippen LogP contribution in [0.1, 0.15) is 20.3 Å². The number of alkyl halides is 10. The molecule has 3 unspecified atom stereocenters. The minimum absolute atomic E-state index is 0.0208. The van der Waals surface area contributed by atoms with Crippen molar-refractivity contribution in [2.24, 2.45) is 0 Å². The van der Waals surface area contributed by atoms with Crippen LogP contribution in [0.3, 0.4) is 0 Å². The first-order valence-corrected chi connectivity index (χ1v) is 6.90. The molecule has 0 aromatic rings. The molecule has 0 bridgehead atoms. The Balaban J connectivity index is 2.52. The van der Waals surface area contributed by atoms with Gasteiger partial charge in [-0.25, -0.2) is 8.78 Å². The van der Waals surface area contributed by atoms with Gasteiger partial charge in [0.25, 0.3) is 0 Å². The van der Waals surface area contributed by atoms with Crippen LogP contribution >= 0.6 is 0 Å². The van der Waals surface area contributed by atoms with Crippen molar-refractivity contribution in [2.75, 3.05) is 13.2 Å². The van der Waals surface area contributed by atoms with Gasteiger partial charge in [0.05, 0.1) is 13.0 Å². The zero-order valence-electron chi connectivity index (χ0n) is 13.0. The zero-order valence-corrected chi connectivity index (χ0v) is 13.0. The summed E-state index contributed by atoms with van der Waals surface area (Å²) in [5.41, 5.74) is 0. The van der Waals surface area contributed by atoms with E-state index in [2.05, 4.69) is 18.9 Å². The van der Waals surface area contributed by atoms with Crippen molar-refractivity contribution < 1.29 is 62.9 Å². The summed E-state index contributed by atoms with van der Waals surface area (Å²) in [5.74, 6) is -24.0. The van der Waals surface area contributed by atoms with Crippen molar-refractivity contribution in [3.8, 4) is 0 Å². The Morgan fingerprint density at radius 2 is 1.38 bits per heavy atom. The van der Waals surface area contributed by atoms with Gasteiger partial charge in [0, 0.05) is 6.92 Å². The van der Waals surface area contributed by atoms with Gasteiger partial charge in [0.15, 0.2) is 0 Å². The Bertz CT molecular complexity index is 561. The molecule has 0 amide bonds. The lowest BCUT2D eigenvalue weighted by Crippen LogP contribution is -2.73. The van der Waals surface area contributed by atoms with E-state index in [9.17, 15) is 43.9 Å². The van der Waals surface area contributed by atoms with E-state index in [1.807, 2.05) is 0 Å². The molecule has 154 valence electrons. The van der Waals surface area contributed by atoms with Gasteiger partial charge >= 0.3 is 35.8 Å². The van der Waals surface area contributed by atoms with Gasteiger partial charge in [-0.2, -0.15) is 35.1 Å². The van der Waals surface area contributed by atoms with E-state index in [4.69, 9.17) is 0 Å². The van der Waals surface area contributed by atoms with E-state index < -0.39 is 61.2 Å². The summed E-state index contributed by atoms with van der Waals surface area (Å²) in [6, 6.07) is 0. The Morgan fingerprint density at radius 1 is 0.846 bits per heavy atom. The minimum atomic E-state index is -5.87. The highest BCUT2D eigenvalue weighted by atomic mass is 19.4. The van der Waals surface area contributed by atoms with Crippen LogP contribution in [0.4, 0.5) is 43.9 Å². The molecule has 0 radical (unpaired) electrons. The molecule has 0 aromatic heterocycles. The predicted octanol–water partition coefficient (Wildman–Crippen LogP) is 3.99. The van der Waals surface area contributed by atoms with Crippen LogP contribution in [-0.4, -0.2) is 54.8 Å². The summed E-state index contributed by atoms with van der Waals surface area (Å²) in [5, 5.41) is 0. The molecule has 26 heavy (non-hydrogen) atoms. The fourth-order valence-corrected chi connectivity index (χ4v) is 2.44. The Hall–Kier alpha value is -0.860. The number of hydrogen-bond acceptors (Lipinski definition) is 4. The fourth-order valence-electron chi connectivity index (χ4n) is 2.44. The molecule has 0 aliphatic carbocycles. The molecule has 2 aliphatic heterocycles. The number of halogens is 10. The molecular formula is C12H12F10O4. The molecule has 0 aromatic carbocycles. The van der Waals surface area contributed by atoms with E-state index in [-0.39, 0.29) is 13.8 Å². The molecule has 2 aliphatic rings. The molecular weight excluding hydrogens is 398 g/mol. The second kappa shape index (κ2) is 5.58.